The summed E-state index contributed by atoms with van der Waals surface area (Å²) in [6.07, 6.45) is -4.55. The summed E-state index contributed by atoms with van der Waals surface area (Å²) in [7, 11) is 0. The molecule has 0 N–H and O–H groups in total. The third-order valence-corrected chi connectivity index (χ3v) is 5.10. The van der Waals surface area contributed by atoms with Gasteiger partial charge >= 0.3 is 6.18 Å². The van der Waals surface area contributed by atoms with Gasteiger partial charge in [-0.25, -0.2) is 9.67 Å². The van der Waals surface area contributed by atoms with Crippen LogP contribution in [0.15, 0.2) is 48.5 Å². The van der Waals surface area contributed by atoms with Gasteiger partial charge in [0.2, 0.25) is 5.13 Å². The summed E-state index contributed by atoms with van der Waals surface area (Å²) in [6.45, 7) is 1.92. The van der Waals surface area contributed by atoms with Gasteiger partial charge in [-0.1, -0.05) is 41.1 Å². The summed E-state index contributed by atoms with van der Waals surface area (Å²) >= 11 is 7.02. The SMILES string of the molecule is Cc1ccc2nc(-n3nc(-c4ccc(Cl)cc4)cc3C(F)(F)F)sc2c1. The van der Waals surface area contributed by atoms with E-state index >= 15 is 0 Å². The zero-order chi connectivity index (χ0) is 18.5. The average molecular weight is 394 g/mol. The number of hydrogen-bond donors (Lipinski definition) is 0. The Morgan fingerprint density at radius 1 is 1.04 bits per heavy atom. The van der Waals surface area contributed by atoms with Crippen molar-refractivity contribution in [3.63, 3.8) is 0 Å². The monoisotopic (exact) mass is 393 g/mol. The molecular weight excluding hydrogens is 383 g/mol. The van der Waals surface area contributed by atoms with Crippen molar-refractivity contribution < 1.29 is 13.2 Å². The van der Waals surface area contributed by atoms with Gasteiger partial charge in [-0.05, 0) is 42.8 Å². The van der Waals surface area contributed by atoms with Crippen molar-refractivity contribution in [1.82, 2.24) is 14.8 Å². The van der Waals surface area contributed by atoms with E-state index in [-0.39, 0.29) is 10.8 Å². The first kappa shape index (κ1) is 17.1. The first-order valence-electron chi connectivity index (χ1n) is 7.62. The molecule has 2 aromatic carbocycles. The maximum Gasteiger partial charge on any atom is 0.433 e. The van der Waals surface area contributed by atoms with Crippen LogP contribution in [0.3, 0.4) is 0 Å². The quantitative estimate of drug-likeness (QED) is 0.410. The van der Waals surface area contributed by atoms with E-state index in [1.807, 2.05) is 19.1 Å². The van der Waals surface area contributed by atoms with Gasteiger partial charge < -0.3 is 0 Å². The summed E-state index contributed by atoms with van der Waals surface area (Å²) in [5.74, 6) is 0. The Bertz CT molecular complexity index is 1100. The molecule has 8 heteroatoms. The Labute approximate surface area is 155 Å². The smallest absolute Gasteiger partial charge is 0.218 e. The van der Waals surface area contributed by atoms with Gasteiger partial charge in [0.15, 0.2) is 5.69 Å². The van der Waals surface area contributed by atoms with Gasteiger partial charge in [-0.15, -0.1) is 0 Å². The number of halogens is 4. The van der Waals surface area contributed by atoms with Crippen LogP contribution in [0.2, 0.25) is 5.02 Å². The molecular formula is C18H11ClF3N3S. The second-order valence-electron chi connectivity index (χ2n) is 5.80. The fourth-order valence-electron chi connectivity index (χ4n) is 2.60. The largest absolute Gasteiger partial charge is 0.433 e. The lowest BCUT2D eigenvalue weighted by Gasteiger charge is -2.06. The molecule has 132 valence electrons. The van der Waals surface area contributed by atoms with Crippen LogP contribution in [0, 0.1) is 6.92 Å². The van der Waals surface area contributed by atoms with E-state index in [2.05, 4.69) is 10.1 Å². The molecule has 0 atom stereocenters. The van der Waals surface area contributed by atoms with Gasteiger partial charge in [0.25, 0.3) is 0 Å². The molecule has 0 radical (unpaired) electrons. The van der Waals surface area contributed by atoms with Crippen LogP contribution in [0.1, 0.15) is 11.3 Å². The van der Waals surface area contributed by atoms with E-state index in [1.54, 1.807) is 30.3 Å². The van der Waals surface area contributed by atoms with E-state index in [1.165, 1.54) is 11.3 Å². The summed E-state index contributed by atoms with van der Waals surface area (Å²) in [4.78, 5) is 4.32. The minimum absolute atomic E-state index is 0.179. The summed E-state index contributed by atoms with van der Waals surface area (Å²) in [6, 6.07) is 13.1. The minimum Gasteiger partial charge on any atom is -0.218 e. The van der Waals surface area contributed by atoms with Crippen LogP contribution in [-0.4, -0.2) is 14.8 Å². The molecule has 0 unspecified atom stereocenters. The van der Waals surface area contributed by atoms with Crippen molar-refractivity contribution in [2.75, 3.05) is 0 Å². The van der Waals surface area contributed by atoms with Gasteiger partial charge in [0.05, 0.1) is 15.9 Å². The second-order valence-corrected chi connectivity index (χ2v) is 7.24. The van der Waals surface area contributed by atoms with E-state index in [4.69, 9.17) is 11.6 Å². The molecule has 2 aromatic heterocycles. The molecule has 0 bridgehead atoms. The van der Waals surface area contributed by atoms with Crippen molar-refractivity contribution in [2.24, 2.45) is 0 Å². The van der Waals surface area contributed by atoms with Crippen molar-refractivity contribution in [3.8, 4) is 16.4 Å². The number of rotatable bonds is 2. The number of nitrogens with zero attached hydrogens (tertiary/aromatic N) is 3. The highest BCUT2D eigenvalue weighted by Crippen LogP contribution is 2.36. The minimum atomic E-state index is -4.55. The first-order valence-corrected chi connectivity index (χ1v) is 8.81. The van der Waals surface area contributed by atoms with E-state index < -0.39 is 11.9 Å². The van der Waals surface area contributed by atoms with Crippen LogP contribution in [0.4, 0.5) is 13.2 Å². The molecule has 0 saturated heterocycles. The molecule has 26 heavy (non-hydrogen) atoms. The molecule has 0 amide bonds. The molecule has 4 aromatic rings. The van der Waals surface area contributed by atoms with Crippen LogP contribution < -0.4 is 0 Å². The third-order valence-electron chi connectivity index (χ3n) is 3.85. The van der Waals surface area contributed by atoms with Crippen LogP contribution in [-0.2, 0) is 6.18 Å². The number of aromatic nitrogens is 3. The summed E-state index contributed by atoms with van der Waals surface area (Å²) in [5, 5.41) is 4.85. The Kier molecular flexibility index (Phi) is 4.00. The predicted octanol–water partition coefficient (Wildman–Crippen LogP) is 6.13. The molecule has 0 aliphatic rings. The lowest BCUT2D eigenvalue weighted by Crippen LogP contribution is -2.12. The van der Waals surface area contributed by atoms with Crippen LogP contribution >= 0.6 is 22.9 Å². The Morgan fingerprint density at radius 2 is 1.77 bits per heavy atom. The number of benzene rings is 2. The highest BCUT2D eigenvalue weighted by molar-refractivity contribution is 7.20. The Balaban J connectivity index is 1.89. The van der Waals surface area contributed by atoms with E-state index in [0.29, 0.717) is 16.1 Å². The standard InChI is InChI=1S/C18H11ClF3N3S/c1-10-2-7-13-15(8-10)26-17(23-13)25-16(18(20,21)22)9-14(24-25)11-3-5-12(19)6-4-11/h2-9H,1H3. The third kappa shape index (κ3) is 3.08. The molecule has 0 aliphatic heterocycles. The number of aryl methyl sites for hydroxylation is 1. The van der Waals surface area contributed by atoms with Gasteiger partial charge in [0.1, 0.15) is 0 Å². The Morgan fingerprint density at radius 3 is 2.46 bits per heavy atom. The number of hydrogen-bond acceptors (Lipinski definition) is 3. The normalized spacial score (nSPS) is 12.0. The second kappa shape index (κ2) is 6.10. The molecule has 4 rings (SSSR count). The molecule has 2 heterocycles. The van der Waals surface area contributed by atoms with Gasteiger partial charge in [-0.3, -0.25) is 0 Å². The Hall–Kier alpha value is -2.38. The fraction of sp³-hybridized carbons (Fsp3) is 0.111. The molecule has 0 aliphatic carbocycles. The molecule has 0 fully saturated rings. The van der Waals surface area contributed by atoms with Crippen molar-refractivity contribution >= 4 is 33.2 Å². The zero-order valence-electron chi connectivity index (χ0n) is 13.4. The van der Waals surface area contributed by atoms with E-state index in [9.17, 15) is 13.2 Å². The lowest BCUT2D eigenvalue weighted by molar-refractivity contribution is -0.142. The van der Waals surface area contributed by atoms with Crippen LogP contribution in [0.5, 0.6) is 0 Å². The molecule has 0 saturated carbocycles. The highest BCUT2D eigenvalue weighted by Gasteiger charge is 2.37. The van der Waals surface area contributed by atoms with Gasteiger partial charge in [0, 0.05) is 10.6 Å². The van der Waals surface area contributed by atoms with E-state index in [0.717, 1.165) is 21.0 Å². The zero-order valence-corrected chi connectivity index (χ0v) is 15.0. The fourth-order valence-corrected chi connectivity index (χ4v) is 3.76. The summed E-state index contributed by atoms with van der Waals surface area (Å²) < 4.78 is 42.3. The maximum absolute atomic E-state index is 13.5. The predicted molar refractivity (Wildman–Crippen MR) is 96.9 cm³/mol. The van der Waals surface area contributed by atoms with Crippen molar-refractivity contribution in [1.29, 1.82) is 0 Å². The summed E-state index contributed by atoms with van der Waals surface area (Å²) in [5.41, 5.74) is 1.57. The molecule has 3 nitrogen and oxygen atoms in total. The van der Waals surface area contributed by atoms with Crippen molar-refractivity contribution in [3.05, 3.63) is 64.8 Å². The topological polar surface area (TPSA) is 30.7 Å². The number of alkyl halides is 3. The van der Waals surface area contributed by atoms with Crippen LogP contribution in [0.25, 0.3) is 26.6 Å². The lowest BCUT2D eigenvalue weighted by atomic mass is 10.1. The van der Waals surface area contributed by atoms with Gasteiger partial charge in [-0.2, -0.15) is 18.3 Å². The average Bonchev–Trinajstić information content (AvgIpc) is 3.18. The molecule has 0 spiro atoms. The number of fused-ring (bicyclic) bond motifs is 1. The maximum atomic E-state index is 13.5. The highest BCUT2D eigenvalue weighted by atomic mass is 35.5. The van der Waals surface area contributed by atoms with Crippen molar-refractivity contribution in [2.45, 2.75) is 13.1 Å². The first-order chi connectivity index (χ1) is 12.3. The number of thiazole rings is 1.